The molecule has 0 N–H and O–H groups in total. The van der Waals surface area contributed by atoms with E-state index >= 15 is 0 Å². The quantitative estimate of drug-likeness (QED) is 0.614. The van der Waals surface area contributed by atoms with Crippen molar-refractivity contribution < 1.29 is 26.3 Å². The Morgan fingerprint density at radius 1 is 0.842 bits per heavy atom. The average molecular weight is 296 g/mol. The highest BCUT2D eigenvalue weighted by atomic mass is 32.1. The van der Waals surface area contributed by atoms with Crippen LogP contribution in [0.1, 0.15) is 11.1 Å². The molecule has 0 nitrogen and oxygen atoms in total. The fourth-order valence-corrected chi connectivity index (χ4v) is 2.41. The Bertz CT molecular complexity index is 565. The summed E-state index contributed by atoms with van der Waals surface area (Å²) in [5, 5.41) is 2.89. The molecular weight excluding hydrogens is 290 g/mol. The molecule has 102 valence electrons. The van der Waals surface area contributed by atoms with Gasteiger partial charge >= 0.3 is 12.4 Å². The minimum atomic E-state index is -5.07. The molecule has 0 radical (unpaired) electrons. The Balaban J connectivity index is 2.76. The van der Waals surface area contributed by atoms with Crippen LogP contribution in [0.15, 0.2) is 35.0 Å². The van der Waals surface area contributed by atoms with Crippen molar-refractivity contribution in [2.24, 2.45) is 0 Å². The number of rotatable bonds is 1. The zero-order chi connectivity index (χ0) is 14.3. The summed E-state index contributed by atoms with van der Waals surface area (Å²) in [5.74, 6) is 0. The molecule has 1 aromatic heterocycles. The SMILES string of the molecule is FC(F)(F)c1cccc(-c2ccsc2)c1C(F)(F)F. The van der Waals surface area contributed by atoms with Gasteiger partial charge in [0.05, 0.1) is 11.1 Å². The second-order valence-corrected chi connectivity index (χ2v) is 4.52. The molecule has 0 fully saturated rings. The first kappa shape index (κ1) is 13.9. The summed E-state index contributed by atoms with van der Waals surface area (Å²) in [6.45, 7) is 0. The van der Waals surface area contributed by atoms with E-state index in [0.717, 1.165) is 23.5 Å². The zero-order valence-electron chi connectivity index (χ0n) is 9.14. The van der Waals surface area contributed by atoms with Gasteiger partial charge in [-0.05, 0) is 34.0 Å². The predicted octanol–water partition coefficient (Wildman–Crippen LogP) is 5.45. The Kier molecular flexibility index (Phi) is 3.34. The summed E-state index contributed by atoms with van der Waals surface area (Å²) in [6.07, 6.45) is -10.1. The van der Waals surface area contributed by atoms with Gasteiger partial charge in [-0.25, -0.2) is 0 Å². The van der Waals surface area contributed by atoms with E-state index in [9.17, 15) is 26.3 Å². The van der Waals surface area contributed by atoms with Crippen LogP contribution in [0.25, 0.3) is 11.1 Å². The van der Waals surface area contributed by atoms with Gasteiger partial charge < -0.3 is 0 Å². The fourth-order valence-electron chi connectivity index (χ4n) is 1.75. The standard InChI is InChI=1S/C12H6F6S/c13-11(14,15)9-3-1-2-8(7-4-5-19-6-7)10(9)12(16,17)18/h1-6H. The van der Waals surface area contributed by atoms with Gasteiger partial charge in [0.2, 0.25) is 0 Å². The molecule has 1 aromatic carbocycles. The van der Waals surface area contributed by atoms with Crippen LogP contribution in [0.5, 0.6) is 0 Å². The largest absolute Gasteiger partial charge is 0.417 e. The molecule has 2 aromatic rings. The van der Waals surface area contributed by atoms with Crippen LogP contribution in [0, 0.1) is 0 Å². The molecule has 2 rings (SSSR count). The normalized spacial score (nSPS) is 12.7. The van der Waals surface area contributed by atoms with Crippen molar-refractivity contribution in [2.75, 3.05) is 0 Å². The molecule has 0 atom stereocenters. The first-order valence-electron chi connectivity index (χ1n) is 5.01. The molecule has 0 unspecified atom stereocenters. The second kappa shape index (κ2) is 4.56. The Morgan fingerprint density at radius 3 is 2.00 bits per heavy atom. The third-order valence-electron chi connectivity index (χ3n) is 2.49. The van der Waals surface area contributed by atoms with E-state index in [1.54, 1.807) is 0 Å². The van der Waals surface area contributed by atoms with Crippen molar-refractivity contribution in [1.29, 1.82) is 0 Å². The number of alkyl halides is 6. The lowest BCUT2D eigenvalue weighted by Crippen LogP contribution is -2.17. The number of hydrogen-bond acceptors (Lipinski definition) is 1. The molecule has 0 spiro atoms. The lowest BCUT2D eigenvalue weighted by molar-refractivity contribution is -0.161. The Labute approximate surface area is 108 Å². The Morgan fingerprint density at radius 2 is 1.53 bits per heavy atom. The van der Waals surface area contributed by atoms with E-state index < -0.39 is 29.0 Å². The van der Waals surface area contributed by atoms with Crippen LogP contribution >= 0.6 is 11.3 Å². The zero-order valence-corrected chi connectivity index (χ0v) is 9.96. The summed E-state index contributed by atoms with van der Waals surface area (Å²) >= 11 is 1.12. The number of halogens is 6. The van der Waals surface area contributed by atoms with Gasteiger partial charge in [0.15, 0.2) is 0 Å². The minimum Gasteiger partial charge on any atom is -0.166 e. The molecule has 0 saturated carbocycles. The van der Waals surface area contributed by atoms with Crippen LogP contribution in [0.4, 0.5) is 26.3 Å². The molecule has 1 heterocycles. The van der Waals surface area contributed by atoms with Crippen LogP contribution in [-0.2, 0) is 12.4 Å². The molecule has 0 bridgehead atoms. The van der Waals surface area contributed by atoms with Crippen LogP contribution < -0.4 is 0 Å². The van der Waals surface area contributed by atoms with Crippen molar-refractivity contribution in [2.45, 2.75) is 12.4 Å². The van der Waals surface area contributed by atoms with Crippen molar-refractivity contribution >= 4 is 11.3 Å². The Hall–Kier alpha value is -1.50. The highest BCUT2D eigenvalue weighted by molar-refractivity contribution is 7.08. The molecule has 0 aliphatic carbocycles. The van der Waals surface area contributed by atoms with E-state index in [-0.39, 0.29) is 5.56 Å². The molecule has 0 aliphatic heterocycles. The molecule has 0 saturated heterocycles. The van der Waals surface area contributed by atoms with Crippen molar-refractivity contribution in [3.8, 4) is 11.1 Å². The lowest BCUT2D eigenvalue weighted by Gasteiger charge is -2.18. The molecule has 7 heteroatoms. The van der Waals surface area contributed by atoms with Crippen molar-refractivity contribution in [1.82, 2.24) is 0 Å². The van der Waals surface area contributed by atoms with Crippen LogP contribution in [0.3, 0.4) is 0 Å². The van der Waals surface area contributed by atoms with Gasteiger partial charge in [-0.3, -0.25) is 0 Å². The number of benzene rings is 1. The number of thiophene rings is 1. The van der Waals surface area contributed by atoms with Gasteiger partial charge in [0, 0.05) is 0 Å². The molecule has 19 heavy (non-hydrogen) atoms. The van der Waals surface area contributed by atoms with E-state index in [1.165, 1.54) is 16.8 Å². The monoisotopic (exact) mass is 296 g/mol. The minimum absolute atomic E-state index is 0.128. The van der Waals surface area contributed by atoms with Gasteiger partial charge in [0.25, 0.3) is 0 Å². The van der Waals surface area contributed by atoms with Gasteiger partial charge in [0.1, 0.15) is 0 Å². The third kappa shape index (κ3) is 2.75. The summed E-state index contributed by atoms with van der Waals surface area (Å²) in [5.41, 5.74) is -3.63. The smallest absolute Gasteiger partial charge is 0.166 e. The average Bonchev–Trinajstić information content (AvgIpc) is 2.79. The first-order valence-corrected chi connectivity index (χ1v) is 5.95. The summed E-state index contributed by atoms with van der Waals surface area (Å²) < 4.78 is 76.9. The van der Waals surface area contributed by atoms with Gasteiger partial charge in [-0.15, -0.1) is 0 Å². The number of hydrogen-bond donors (Lipinski definition) is 0. The maximum atomic E-state index is 12.9. The highest BCUT2D eigenvalue weighted by Gasteiger charge is 2.44. The highest BCUT2D eigenvalue weighted by Crippen LogP contribution is 2.45. The fraction of sp³-hybridized carbons (Fsp3) is 0.167. The topological polar surface area (TPSA) is 0 Å². The van der Waals surface area contributed by atoms with E-state index in [1.807, 2.05) is 0 Å². The molecule has 0 amide bonds. The summed E-state index contributed by atoms with van der Waals surface area (Å²) in [6, 6.07) is 3.82. The first-order chi connectivity index (χ1) is 8.71. The van der Waals surface area contributed by atoms with Gasteiger partial charge in [-0.1, -0.05) is 12.1 Å². The molecule has 0 aliphatic rings. The lowest BCUT2D eigenvalue weighted by atomic mass is 9.96. The van der Waals surface area contributed by atoms with Crippen LogP contribution in [-0.4, -0.2) is 0 Å². The van der Waals surface area contributed by atoms with E-state index in [0.29, 0.717) is 6.07 Å². The second-order valence-electron chi connectivity index (χ2n) is 3.74. The third-order valence-corrected chi connectivity index (χ3v) is 3.17. The van der Waals surface area contributed by atoms with Gasteiger partial charge in [-0.2, -0.15) is 37.7 Å². The van der Waals surface area contributed by atoms with E-state index in [4.69, 9.17) is 0 Å². The van der Waals surface area contributed by atoms with Crippen molar-refractivity contribution in [3.05, 3.63) is 46.2 Å². The molecular formula is C12H6F6S. The van der Waals surface area contributed by atoms with Crippen LogP contribution in [0.2, 0.25) is 0 Å². The van der Waals surface area contributed by atoms with E-state index in [2.05, 4.69) is 0 Å². The summed E-state index contributed by atoms with van der Waals surface area (Å²) in [7, 11) is 0. The predicted molar refractivity (Wildman–Crippen MR) is 59.8 cm³/mol. The maximum absolute atomic E-state index is 12.9. The van der Waals surface area contributed by atoms with Crippen molar-refractivity contribution in [3.63, 3.8) is 0 Å². The maximum Gasteiger partial charge on any atom is 0.417 e. The summed E-state index contributed by atoms with van der Waals surface area (Å²) in [4.78, 5) is 0.